The van der Waals surface area contributed by atoms with Crippen LogP contribution in [0, 0.1) is 12.7 Å². The number of carbonyl (C=O) groups is 2. The van der Waals surface area contributed by atoms with Gasteiger partial charge < -0.3 is 15.0 Å². The van der Waals surface area contributed by atoms with Crippen LogP contribution < -0.4 is 10.1 Å². The number of fused-ring (bicyclic) bond motifs is 1. The number of pyridine rings is 1. The van der Waals surface area contributed by atoms with E-state index in [0.717, 1.165) is 19.3 Å². The zero-order valence-electron chi connectivity index (χ0n) is 25.1. The van der Waals surface area contributed by atoms with Crippen LogP contribution in [0.1, 0.15) is 75.4 Å². The van der Waals surface area contributed by atoms with Crippen LogP contribution in [0.5, 0.6) is 11.5 Å². The number of nitrogens with zero attached hydrogens (tertiary/aromatic N) is 4. The van der Waals surface area contributed by atoms with Crippen LogP contribution in [0.3, 0.4) is 0 Å². The molecule has 3 heterocycles. The minimum Gasteiger partial charge on any atom is -0.456 e. The highest BCUT2D eigenvalue weighted by atomic mass is 19.1. The molecular weight excluding hydrogens is 533 g/mol. The number of rotatable bonds is 6. The summed E-state index contributed by atoms with van der Waals surface area (Å²) in [4.78, 5) is 32.6. The fraction of sp³-hybridized carbons (Fsp3) is 0.394. The molecule has 2 aromatic carbocycles. The predicted octanol–water partition coefficient (Wildman–Crippen LogP) is 7.01. The number of hydrogen-bond acceptors (Lipinski definition) is 5. The van der Waals surface area contributed by atoms with Gasteiger partial charge in [-0.25, -0.2) is 4.39 Å². The van der Waals surface area contributed by atoms with Gasteiger partial charge in [0, 0.05) is 41.5 Å². The van der Waals surface area contributed by atoms with E-state index in [9.17, 15) is 9.59 Å². The molecule has 0 bridgehead atoms. The van der Waals surface area contributed by atoms with Crippen LogP contribution in [0.15, 0.2) is 55.0 Å². The summed E-state index contributed by atoms with van der Waals surface area (Å²) >= 11 is 0. The summed E-state index contributed by atoms with van der Waals surface area (Å²) in [7, 11) is 0. The fourth-order valence-corrected chi connectivity index (χ4v) is 5.53. The minimum absolute atomic E-state index is 0.0120. The summed E-state index contributed by atoms with van der Waals surface area (Å²) in [6, 6.07) is 10.4. The second-order valence-electron chi connectivity index (χ2n) is 12.3. The second-order valence-corrected chi connectivity index (χ2v) is 12.3. The number of aryl methyl sites for hydroxylation is 1. The first-order chi connectivity index (χ1) is 19.9. The topological polar surface area (TPSA) is 89.4 Å². The molecule has 5 rings (SSSR count). The van der Waals surface area contributed by atoms with E-state index in [1.54, 1.807) is 54.5 Å². The van der Waals surface area contributed by atoms with E-state index < -0.39 is 5.82 Å². The lowest BCUT2D eigenvalue weighted by molar-refractivity contribution is -0.115. The molecule has 4 aromatic rings. The Kier molecular flexibility index (Phi) is 8.03. The maximum absolute atomic E-state index is 15.2. The summed E-state index contributed by atoms with van der Waals surface area (Å²) in [5, 5.41) is 7.74. The van der Waals surface area contributed by atoms with Crippen LogP contribution >= 0.6 is 0 Å². The summed E-state index contributed by atoms with van der Waals surface area (Å²) < 4.78 is 23.2. The van der Waals surface area contributed by atoms with Crippen molar-refractivity contribution in [1.82, 2.24) is 19.7 Å². The third-order valence-electron chi connectivity index (χ3n) is 7.85. The van der Waals surface area contributed by atoms with Crippen LogP contribution in [0.2, 0.25) is 0 Å². The van der Waals surface area contributed by atoms with Gasteiger partial charge >= 0.3 is 0 Å². The van der Waals surface area contributed by atoms with E-state index in [1.165, 1.54) is 6.07 Å². The van der Waals surface area contributed by atoms with Gasteiger partial charge in [0.1, 0.15) is 17.3 Å². The van der Waals surface area contributed by atoms with E-state index in [0.29, 0.717) is 39.2 Å². The first-order valence-electron chi connectivity index (χ1n) is 14.4. The number of likely N-dealkylation sites (tertiary alicyclic amines) is 1. The van der Waals surface area contributed by atoms with Crippen molar-refractivity contribution < 1.29 is 18.7 Å². The second kappa shape index (κ2) is 11.5. The molecule has 1 aliphatic rings. The molecule has 1 aliphatic heterocycles. The number of nitrogens with one attached hydrogen (secondary N) is 1. The smallest absolute Gasteiger partial charge is 0.254 e. The maximum atomic E-state index is 15.2. The zero-order chi connectivity index (χ0) is 30.2. The Morgan fingerprint density at radius 3 is 2.50 bits per heavy atom. The highest BCUT2D eigenvalue weighted by Gasteiger charge is 2.30. The van der Waals surface area contributed by atoms with E-state index in [1.807, 2.05) is 31.7 Å². The van der Waals surface area contributed by atoms with Gasteiger partial charge in [-0.1, -0.05) is 0 Å². The lowest BCUT2D eigenvalue weighted by Gasteiger charge is -2.39. The van der Waals surface area contributed by atoms with Crippen LogP contribution in [-0.2, 0) is 16.8 Å². The third-order valence-corrected chi connectivity index (χ3v) is 7.85. The quantitative estimate of drug-likeness (QED) is 0.269. The Labute approximate surface area is 245 Å². The Morgan fingerprint density at radius 1 is 1.07 bits per heavy atom. The van der Waals surface area contributed by atoms with Gasteiger partial charge in [-0.05, 0) is 102 Å². The Morgan fingerprint density at radius 2 is 1.81 bits per heavy atom. The molecule has 9 heteroatoms. The number of anilines is 1. The number of amides is 2. The number of carbonyl (C=O) groups excluding carboxylic acids is 2. The molecule has 0 radical (unpaired) electrons. The van der Waals surface area contributed by atoms with Crippen molar-refractivity contribution in [1.29, 1.82) is 0 Å². The monoisotopic (exact) mass is 571 g/mol. The van der Waals surface area contributed by atoms with Gasteiger partial charge in [0.05, 0.1) is 29.4 Å². The highest BCUT2D eigenvalue weighted by Crippen LogP contribution is 2.34. The number of aromatic nitrogens is 3. The Bertz CT molecular complexity index is 1630. The average molecular weight is 572 g/mol. The predicted molar refractivity (Wildman–Crippen MR) is 161 cm³/mol. The van der Waals surface area contributed by atoms with E-state index in [2.05, 4.69) is 29.2 Å². The minimum atomic E-state index is -0.543. The fourth-order valence-electron chi connectivity index (χ4n) is 5.53. The van der Waals surface area contributed by atoms with E-state index in [-0.39, 0.29) is 41.4 Å². The maximum Gasteiger partial charge on any atom is 0.254 e. The first kappa shape index (κ1) is 29.2. The summed E-state index contributed by atoms with van der Waals surface area (Å²) in [5.41, 5.74) is 2.51. The molecule has 2 atom stereocenters. The molecule has 0 saturated carbocycles. The third kappa shape index (κ3) is 6.15. The Balaban J connectivity index is 1.35. The molecule has 2 aromatic heterocycles. The van der Waals surface area contributed by atoms with Crippen LogP contribution in [0.25, 0.3) is 10.9 Å². The number of benzene rings is 2. The number of piperidine rings is 1. The van der Waals surface area contributed by atoms with Gasteiger partial charge in [0.2, 0.25) is 5.91 Å². The van der Waals surface area contributed by atoms with Gasteiger partial charge in [0.25, 0.3) is 5.91 Å². The number of halogens is 1. The standard InChI is InChI=1S/C33H38FN5O3/c1-20-14-24(16-31(40)37-25-18-36-38(19-25)33(4,5)6)27(34)17-30(20)42-29-12-13-35-28-11-10-23(15-26(28)29)32(41)39-21(2)8-7-9-22(39)3/h10-15,17-19,21-22H,7-9,16H2,1-6H3,(H,37,40)/t21-,22+. The average Bonchev–Trinajstić information content (AvgIpc) is 3.40. The highest BCUT2D eigenvalue weighted by molar-refractivity contribution is 5.99. The van der Waals surface area contributed by atoms with Crippen LogP contribution in [-0.4, -0.2) is 43.6 Å². The van der Waals surface area contributed by atoms with Crippen molar-refractivity contribution in [2.24, 2.45) is 0 Å². The van der Waals surface area contributed by atoms with Crippen LogP contribution in [0.4, 0.5) is 10.1 Å². The number of ether oxygens (including phenoxy) is 1. The molecule has 2 amide bonds. The molecule has 1 saturated heterocycles. The molecule has 1 N–H and O–H groups in total. The molecular formula is C33H38FN5O3. The number of hydrogen-bond donors (Lipinski definition) is 1. The van der Waals surface area contributed by atoms with Gasteiger partial charge in [-0.2, -0.15) is 5.10 Å². The molecule has 0 unspecified atom stereocenters. The molecule has 0 aliphatic carbocycles. The Hall–Kier alpha value is -4.27. The lowest BCUT2D eigenvalue weighted by Crippen LogP contribution is -2.47. The van der Waals surface area contributed by atoms with Gasteiger partial charge in [0.15, 0.2) is 0 Å². The molecule has 42 heavy (non-hydrogen) atoms. The van der Waals surface area contributed by atoms with Crippen molar-refractivity contribution >= 4 is 28.4 Å². The van der Waals surface area contributed by atoms with Crippen molar-refractivity contribution in [3.8, 4) is 11.5 Å². The lowest BCUT2D eigenvalue weighted by atomic mass is 9.96. The molecule has 220 valence electrons. The molecule has 0 spiro atoms. The van der Waals surface area contributed by atoms with E-state index in [4.69, 9.17) is 4.74 Å². The summed E-state index contributed by atoms with van der Waals surface area (Å²) in [5.74, 6) is -0.102. The summed E-state index contributed by atoms with van der Waals surface area (Å²) in [6.45, 7) is 12.0. The van der Waals surface area contributed by atoms with Crippen molar-refractivity contribution in [3.63, 3.8) is 0 Å². The largest absolute Gasteiger partial charge is 0.456 e. The molecule has 1 fully saturated rings. The molecule has 8 nitrogen and oxygen atoms in total. The van der Waals surface area contributed by atoms with Crippen molar-refractivity contribution in [2.45, 2.75) is 84.8 Å². The van der Waals surface area contributed by atoms with Crippen molar-refractivity contribution in [3.05, 3.63) is 77.5 Å². The van der Waals surface area contributed by atoms with Crippen molar-refractivity contribution in [2.75, 3.05) is 5.32 Å². The first-order valence-corrected chi connectivity index (χ1v) is 14.4. The zero-order valence-corrected chi connectivity index (χ0v) is 25.1. The summed E-state index contributed by atoms with van der Waals surface area (Å²) in [6.07, 6.45) is 7.92. The van der Waals surface area contributed by atoms with E-state index >= 15 is 4.39 Å². The normalized spacial score (nSPS) is 17.4. The van der Waals surface area contributed by atoms with Gasteiger partial charge in [-0.3, -0.25) is 19.3 Å². The van der Waals surface area contributed by atoms with Gasteiger partial charge in [-0.15, -0.1) is 0 Å². The SMILES string of the molecule is Cc1cc(CC(=O)Nc2cnn(C(C)(C)C)c2)c(F)cc1Oc1ccnc2ccc(C(=O)N3[C@H](C)CCC[C@@H]3C)cc12.